The molecule has 4 aromatic rings. The van der Waals surface area contributed by atoms with Crippen LogP contribution in [0.2, 0.25) is 0 Å². The van der Waals surface area contributed by atoms with Gasteiger partial charge in [0, 0.05) is 75.1 Å². The zero-order valence-electron chi connectivity index (χ0n) is 29.3. The number of benzene rings is 3. The summed E-state index contributed by atoms with van der Waals surface area (Å²) in [6.45, 7) is 8.19. The summed E-state index contributed by atoms with van der Waals surface area (Å²) in [6, 6.07) is 28.0. The molecule has 2 amide bonds. The molecule has 1 aromatic heterocycles. The van der Waals surface area contributed by atoms with Crippen molar-refractivity contribution in [3.05, 3.63) is 125 Å². The Kier molecular flexibility index (Phi) is 11.4. The third-order valence-electron chi connectivity index (χ3n) is 9.64. The maximum absolute atomic E-state index is 13.2. The minimum Gasteiger partial charge on any atom is -0.399 e. The van der Waals surface area contributed by atoms with Crippen LogP contribution < -0.4 is 21.3 Å². The molecule has 11 nitrogen and oxygen atoms in total. The van der Waals surface area contributed by atoms with E-state index in [0.717, 1.165) is 73.8 Å². The first kappa shape index (κ1) is 35.0. The number of hydrogen-bond acceptors (Lipinski definition) is 8. The first-order valence-corrected chi connectivity index (χ1v) is 17.4. The van der Waals surface area contributed by atoms with Crippen molar-refractivity contribution in [2.75, 3.05) is 64.2 Å². The molecule has 0 bridgehead atoms. The second kappa shape index (κ2) is 16.3. The topological polar surface area (TPSA) is 111 Å². The smallest absolute Gasteiger partial charge is 0.399 e. The van der Waals surface area contributed by atoms with Crippen molar-refractivity contribution in [2.45, 2.75) is 38.8 Å². The van der Waals surface area contributed by atoms with E-state index in [4.69, 9.17) is 4.74 Å². The fraction of sp³-hybridized carbons (Fsp3) is 0.359. The molecule has 3 aromatic carbocycles. The van der Waals surface area contributed by atoms with Crippen molar-refractivity contribution in [1.29, 1.82) is 0 Å². The van der Waals surface area contributed by atoms with Crippen LogP contribution in [-0.4, -0.2) is 91.1 Å². The van der Waals surface area contributed by atoms with Crippen LogP contribution in [0.4, 0.5) is 16.2 Å². The van der Waals surface area contributed by atoms with Gasteiger partial charge < -0.3 is 20.3 Å². The number of nitrogens with zero attached hydrogens (tertiary/aromatic N) is 4. The first-order chi connectivity index (χ1) is 24.2. The molecule has 4 N–H and O–H groups in total. The Morgan fingerprint density at radius 1 is 1.00 bits per heavy atom. The molecular weight excluding hydrogens is 628 g/mol. The zero-order valence-corrected chi connectivity index (χ0v) is 29.3. The molecule has 50 heavy (non-hydrogen) atoms. The lowest BCUT2D eigenvalue weighted by molar-refractivity contribution is -0.929. The van der Waals surface area contributed by atoms with Gasteiger partial charge in [0.25, 0.3) is 5.91 Å². The number of rotatable bonds is 11. The Labute approximate surface area is 295 Å². The zero-order chi connectivity index (χ0) is 34.9. The van der Waals surface area contributed by atoms with Crippen LogP contribution >= 0.6 is 0 Å². The van der Waals surface area contributed by atoms with Gasteiger partial charge in [0.1, 0.15) is 6.29 Å². The molecule has 0 spiro atoms. The molecule has 2 saturated heterocycles. The maximum Gasteiger partial charge on any atom is 0.414 e. The monoisotopic (exact) mass is 677 g/mol. The number of likely N-dealkylation sites (N-methyl/N-ethyl adjacent to an activating group) is 1. The standard InChI is InChI=1S/C39H48N8O3/c1-29-11-16-34(24-36(29)44-38-41-19-17-35(43-38)33-10-7-18-40-25-33)42-37(48)32-14-12-31(13-15-32)27-46-20-22-47(3,23-21-46)28-50-39(49)45(2)26-30-8-5-4-6-9-30/h4-16,18,24-25,35,38,41,43-44H,17,19-23,26-28H2,1-3H3/p+1. The Hall–Kier alpha value is -4.81. The summed E-state index contributed by atoms with van der Waals surface area (Å²) in [5, 5.41) is 13.7. The quantitative estimate of drug-likeness (QED) is 0.162. The predicted octanol–water partition coefficient (Wildman–Crippen LogP) is 5.15. The molecule has 2 atom stereocenters. The number of anilines is 2. The highest BCUT2D eigenvalue weighted by molar-refractivity contribution is 6.04. The number of pyridine rings is 1. The van der Waals surface area contributed by atoms with Gasteiger partial charge in [-0.25, -0.2) is 4.79 Å². The van der Waals surface area contributed by atoms with Gasteiger partial charge in [-0.15, -0.1) is 0 Å². The Morgan fingerprint density at radius 3 is 2.52 bits per heavy atom. The number of aromatic nitrogens is 1. The number of aryl methyl sites for hydroxylation is 1. The number of hydrogen-bond donors (Lipinski definition) is 4. The van der Waals surface area contributed by atoms with Gasteiger partial charge in [0.2, 0.25) is 6.73 Å². The van der Waals surface area contributed by atoms with Crippen molar-refractivity contribution < 1.29 is 18.8 Å². The van der Waals surface area contributed by atoms with E-state index in [-0.39, 0.29) is 24.3 Å². The molecule has 2 aliphatic rings. The molecule has 6 rings (SSSR count). The molecule has 2 aliphatic heterocycles. The van der Waals surface area contributed by atoms with E-state index >= 15 is 0 Å². The van der Waals surface area contributed by atoms with Crippen LogP contribution in [0.25, 0.3) is 0 Å². The van der Waals surface area contributed by atoms with Crippen molar-refractivity contribution >= 4 is 23.4 Å². The highest BCUT2D eigenvalue weighted by Crippen LogP contribution is 2.24. The number of quaternary nitrogens is 1. The van der Waals surface area contributed by atoms with Crippen molar-refractivity contribution in [3.63, 3.8) is 0 Å². The molecule has 2 fully saturated rings. The lowest BCUT2D eigenvalue weighted by atomic mass is 10.0. The van der Waals surface area contributed by atoms with E-state index in [2.05, 4.69) is 51.2 Å². The number of ether oxygens (including phenoxy) is 1. The van der Waals surface area contributed by atoms with Gasteiger partial charge in [-0.1, -0.05) is 54.6 Å². The molecule has 0 radical (unpaired) electrons. The van der Waals surface area contributed by atoms with E-state index in [1.54, 1.807) is 18.1 Å². The Morgan fingerprint density at radius 2 is 1.78 bits per heavy atom. The van der Waals surface area contributed by atoms with Gasteiger partial charge in [-0.05, 0) is 65.9 Å². The molecule has 11 heteroatoms. The maximum atomic E-state index is 13.2. The molecular formula is C39H49N8O3+. The van der Waals surface area contributed by atoms with Gasteiger partial charge in [0.15, 0.2) is 0 Å². The van der Waals surface area contributed by atoms with Crippen LogP contribution in [0.5, 0.6) is 0 Å². The fourth-order valence-corrected chi connectivity index (χ4v) is 6.41. The Bertz CT molecular complexity index is 1710. The summed E-state index contributed by atoms with van der Waals surface area (Å²) in [5.74, 6) is -0.146. The SMILES string of the molecule is Cc1ccc(NC(=O)c2ccc(CN3CC[N+](C)(COC(=O)N(C)Cc4ccccc4)CC3)cc2)cc1NC1NCCC(c2cccnc2)N1. The van der Waals surface area contributed by atoms with Gasteiger partial charge in [-0.2, -0.15) is 0 Å². The number of amides is 2. The van der Waals surface area contributed by atoms with Gasteiger partial charge in [-0.3, -0.25) is 29.8 Å². The number of piperazine rings is 1. The van der Waals surface area contributed by atoms with E-state index < -0.39 is 0 Å². The van der Waals surface area contributed by atoms with Gasteiger partial charge in [0.05, 0.1) is 20.1 Å². The van der Waals surface area contributed by atoms with Crippen LogP contribution in [0.1, 0.15) is 45.1 Å². The first-order valence-electron chi connectivity index (χ1n) is 17.4. The molecule has 0 aliphatic carbocycles. The highest BCUT2D eigenvalue weighted by Gasteiger charge is 2.30. The normalized spacial score (nSPS) is 18.9. The molecule has 2 unspecified atom stereocenters. The van der Waals surface area contributed by atoms with E-state index in [1.807, 2.05) is 85.1 Å². The van der Waals surface area contributed by atoms with Crippen molar-refractivity contribution in [3.8, 4) is 0 Å². The van der Waals surface area contributed by atoms with Crippen LogP contribution in [0, 0.1) is 6.92 Å². The van der Waals surface area contributed by atoms with Gasteiger partial charge >= 0.3 is 6.09 Å². The lowest BCUT2D eigenvalue weighted by Gasteiger charge is -2.41. The summed E-state index contributed by atoms with van der Waals surface area (Å²) in [7, 11) is 3.91. The molecule has 0 saturated carbocycles. The fourth-order valence-electron chi connectivity index (χ4n) is 6.41. The Balaban J connectivity index is 0.951. The third-order valence-corrected chi connectivity index (χ3v) is 9.64. The average Bonchev–Trinajstić information content (AvgIpc) is 3.14. The lowest BCUT2D eigenvalue weighted by Crippen LogP contribution is -2.58. The van der Waals surface area contributed by atoms with Crippen LogP contribution in [0.3, 0.4) is 0 Å². The minimum atomic E-state index is -0.302. The summed E-state index contributed by atoms with van der Waals surface area (Å²) in [6.07, 6.45) is 4.26. The second-order valence-electron chi connectivity index (χ2n) is 13.7. The van der Waals surface area contributed by atoms with E-state index in [9.17, 15) is 9.59 Å². The third kappa shape index (κ3) is 9.45. The van der Waals surface area contributed by atoms with E-state index in [0.29, 0.717) is 23.3 Å². The second-order valence-corrected chi connectivity index (χ2v) is 13.7. The largest absolute Gasteiger partial charge is 0.414 e. The number of carbonyl (C=O) groups is 2. The highest BCUT2D eigenvalue weighted by atomic mass is 16.6. The van der Waals surface area contributed by atoms with Crippen LogP contribution in [-0.2, 0) is 17.8 Å². The summed E-state index contributed by atoms with van der Waals surface area (Å²) < 4.78 is 6.40. The van der Waals surface area contributed by atoms with Crippen molar-refractivity contribution in [2.24, 2.45) is 0 Å². The van der Waals surface area contributed by atoms with Crippen LogP contribution in [0.15, 0.2) is 97.3 Å². The summed E-state index contributed by atoms with van der Waals surface area (Å²) in [4.78, 5) is 34.1. The minimum absolute atomic E-state index is 0.117. The van der Waals surface area contributed by atoms with Crippen molar-refractivity contribution in [1.82, 2.24) is 25.4 Å². The summed E-state index contributed by atoms with van der Waals surface area (Å²) in [5.41, 5.74) is 6.77. The number of nitrogens with one attached hydrogen (secondary N) is 4. The average molecular weight is 678 g/mol. The predicted molar refractivity (Wildman–Crippen MR) is 196 cm³/mol. The molecule has 262 valence electrons. The number of carbonyl (C=O) groups excluding carboxylic acids is 2. The molecule has 3 heterocycles. The summed E-state index contributed by atoms with van der Waals surface area (Å²) >= 11 is 0. The van der Waals surface area contributed by atoms with E-state index in [1.165, 1.54) is 5.56 Å².